The quantitative estimate of drug-likeness (QED) is 0.448. The average Bonchev–Trinajstić information content (AvgIpc) is 3.15. The van der Waals surface area contributed by atoms with Crippen LogP contribution in [0.5, 0.6) is 17.2 Å². The van der Waals surface area contributed by atoms with Gasteiger partial charge in [-0.3, -0.25) is 9.78 Å². The van der Waals surface area contributed by atoms with Gasteiger partial charge in [0.05, 0.1) is 17.1 Å². The van der Waals surface area contributed by atoms with Crippen molar-refractivity contribution in [3.63, 3.8) is 0 Å². The Labute approximate surface area is 180 Å². The zero-order valence-corrected chi connectivity index (χ0v) is 16.7. The highest BCUT2D eigenvalue weighted by Crippen LogP contribution is 2.36. The van der Waals surface area contributed by atoms with E-state index in [1.807, 2.05) is 0 Å². The molecule has 3 aromatic rings. The molecule has 0 saturated carbocycles. The number of ether oxygens (including phenoxy) is 2. The summed E-state index contributed by atoms with van der Waals surface area (Å²) >= 11 is 0. The predicted octanol–water partition coefficient (Wildman–Crippen LogP) is 4.37. The summed E-state index contributed by atoms with van der Waals surface area (Å²) in [6, 6.07) is 14.1. The standard InChI is InChI=1S/C21H18F3N5O3/c1-25-19(30)17-11-13(8-9-26-17)31-12-6-7-14-16(10-12)29-20(27-14)28-15-4-2-3-5-18(15)32-21(22,23)24/h2-11,20,27-29H,1H3,(H,25,30). The summed E-state index contributed by atoms with van der Waals surface area (Å²) in [4.78, 5) is 15.7. The van der Waals surface area contributed by atoms with Gasteiger partial charge in [0.2, 0.25) is 0 Å². The first kappa shape index (κ1) is 21.1. The van der Waals surface area contributed by atoms with Crippen molar-refractivity contribution < 1.29 is 27.4 Å². The van der Waals surface area contributed by atoms with Gasteiger partial charge in [0.1, 0.15) is 17.2 Å². The lowest BCUT2D eigenvalue weighted by Crippen LogP contribution is -2.31. The molecule has 166 valence electrons. The van der Waals surface area contributed by atoms with E-state index in [1.54, 1.807) is 30.3 Å². The molecule has 1 amide bonds. The zero-order valence-electron chi connectivity index (χ0n) is 16.7. The number of alkyl halides is 3. The van der Waals surface area contributed by atoms with Gasteiger partial charge in [0.15, 0.2) is 12.0 Å². The van der Waals surface area contributed by atoms with E-state index in [9.17, 15) is 18.0 Å². The molecule has 0 bridgehead atoms. The Morgan fingerprint density at radius 3 is 2.56 bits per heavy atom. The summed E-state index contributed by atoms with van der Waals surface area (Å²) in [6.07, 6.45) is -3.92. The molecule has 11 heteroatoms. The summed E-state index contributed by atoms with van der Waals surface area (Å²) in [6.45, 7) is 0. The number of carbonyl (C=O) groups is 1. The molecular formula is C21H18F3N5O3. The summed E-state index contributed by atoms with van der Waals surface area (Å²) in [5.41, 5.74) is 1.78. The minimum Gasteiger partial charge on any atom is -0.457 e. The van der Waals surface area contributed by atoms with Crippen molar-refractivity contribution in [2.24, 2.45) is 0 Å². The van der Waals surface area contributed by atoms with Crippen LogP contribution in [0.15, 0.2) is 60.8 Å². The molecule has 0 radical (unpaired) electrons. The first-order valence-electron chi connectivity index (χ1n) is 9.45. The topological polar surface area (TPSA) is 96.5 Å². The maximum atomic E-state index is 12.6. The maximum absolute atomic E-state index is 12.6. The van der Waals surface area contributed by atoms with Gasteiger partial charge < -0.3 is 30.7 Å². The molecule has 1 atom stereocenters. The molecule has 0 spiro atoms. The number of benzene rings is 2. The van der Waals surface area contributed by atoms with Gasteiger partial charge in [-0.2, -0.15) is 0 Å². The Hall–Kier alpha value is -4.15. The van der Waals surface area contributed by atoms with Crippen LogP contribution in [-0.4, -0.2) is 30.6 Å². The number of anilines is 3. The monoisotopic (exact) mass is 445 g/mol. The second-order valence-corrected chi connectivity index (χ2v) is 6.68. The normalized spacial score (nSPS) is 14.6. The number of hydrogen-bond donors (Lipinski definition) is 4. The van der Waals surface area contributed by atoms with Gasteiger partial charge >= 0.3 is 6.36 Å². The average molecular weight is 445 g/mol. The van der Waals surface area contributed by atoms with E-state index in [0.29, 0.717) is 17.2 Å². The van der Waals surface area contributed by atoms with E-state index in [1.165, 1.54) is 37.5 Å². The highest BCUT2D eigenvalue weighted by Gasteiger charge is 2.32. The first-order chi connectivity index (χ1) is 15.3. The van der Waals surface area contributed by atoms with E-state index in [4.69, 9.17) is 4.74 Å². The van der Waals surface area contributed by atoms with Gasteiger partial charge in [0, 0.05) is 25.4 Å². The summed E-state index contributed by atoms with van der Waals surface area (Å²) in [7, 11) is 1.51. The first-order valence-corrected chi connectivity index (χ1v) is 9.45. The molecule has 1 unspecified atom stereocenters. The Morgan fingerprint density at radius 2 is 1.78 bits per heavy atom. The lowest BCUT2D eigenvalue weighted by molar-refractivity contribution is -0.274. The Kier molecular flexibility index (Phi) is 5.63. The van der Waals surface area contributed by atoms with Crippen molar-refractivity contribution >= 4 is 23.0 Å². The lowest BCUT2D eigenvalue weighted by Gasteiger charge is -2.19. The molecule has 1 aliphatic heterocycles. The van der Waals surface area contributed by atoms with Crippen molar-refractivity contribution in [3.8, 4) is 17.2 Å². The number of carbonyl (C=O) groups excluding carboxylic acids is 1. The van der Waals surface area contributed by atoms with Crippen LogP contribution in [0, 0.1) is 0 Å². The van der Waals surface area contributed by atoms with Crippen LogP contribution < -0.4 is 30.7 Å². The molecular weight excluding hydrogens is 427 g/mol. The van der Waals surface area contributed by atoms with E-state index < -0.39 is 12.7 Å². The Balaban J connectivity index is 1.45. The molecule has 1 aromatic heterocycles. The highest BCUT2D eigenvalue weighted by molar-refractivity contribution is 5.92. The molecule has 0 aliphatic carbocycles. The third-order valence-corrected chi connectivity index (χ3v) is 4.43. The smallest absolute Gasteiger partial charge is 0.457 e. The maximum Gasteiger partial charge on any atom is 0.573 e. The van der Waals surface area contributed by atoms with E-state index in [-0.39, 0.29) is 23.0 Å². The van der Waals surface area contributed by atoms with Gasteiger partial charge in [-0.25, -0.2) is 0 Å². The van der Waals surface area contributed by atoms with Crippen LogP contribution in [0.4, 0.5) is 30.2 Å². The summed E-state index contributed by atoms with van der Waals surface area (Å²) in [5.74, 6) is 0.248. The number of rotatable bonds is 6. The number of hydrogen-bond acceptors (Lipinski definition) is 7. The molecule has 0 fully saturated rings. The van der Waals surface area contributed by atoms with Crippen molar-refractivity contribution in [2.45, 2.75) is 12.7 Å². The number of nitrogens with zero attached hydrogens (tertiary/aromatic N) is 1. The minimum atomic E-state index is -4.80. The number of halogens is 3. The fourth-order valence-electron chi connectivity index (χ4n) is 3.07. The van der Waals surface area contributed by atoms with Gasteiger partial charge in [-0.05, 0) is 30.3 Å². The van der Waals surface area contributed by atoms with Crippen molar-refractivity contribution in [1.82, 2.24) is 10.3 Å². The molecule has 8 nitrogen and oxygen atoms in total. The third-order valence-electron chi connectivity index (χ3n) is 4.43. The van der Waals surface area contributed by atoms with E-state index >= 15 is 0 Å². The van der Waals surface area contributed by atoms with E-state index in [2.05, 4.69) is 31.0 Å². The van der Waals surface area contributed by atoms with E-state index in [0.717, 1.165) is 5.69 Å². The molecule has 0 saturated heterocycles. The Bertz CT molecular complexity index is 1140. The molecule has 1 aliphatic rings. The van der Waals surface area contributed by atoms with Crippen LogP contribution >= 0.6 is 0 Å². The van der Waals surface area contributed by atoms with Crippen LogP contribution in [-0.2, 0) is 0 Å². The van der Waals surface area contributed by atoms with Crippen LogP contribution in [0.2, 0.25) is 0 Å². The number of para-hydroxylation sites is 2. The molecule has 2 aromatic carbocycles. The fourth-order valence-corrected chi connectivity index (χ4v) is 3.07. The predicted molar refractivity (Wildman–Crippen MR) is 112 cm³/mol. The minimum absolute atomic E-state index is 0.164. The molecule has 32 heavy (non-hydrogen) atoms. The second kappa shape index (κ2) is 8.53. The molecule has 4 rings (SSSR count). The number of aromatic nitrogens is 1. The van der Waals surface area contributed by atoms with Gasteiger partial charge in [0.25, 0.3) is 5.91 Å². The van der Waals surface area contributed by atoms with Crippen molar-refractivity contribution in [1.29, 1.82) is 0 Å². The molecule has 2 heterocycles. The number of pyridine rings is 1. The van der Waals surface area contributed by atoms with Crippen LogP contribution in [0.3, 0.4) is 0 Å². The van der Waals surface area contributed by atoms with Gasteiger partial charge in [-0.15, -0.1) is 13.2 Å². The van der Waals surface area contributed by atoms with Crippen LogP contribution in [0.1, 0.15) is 10.5 Å². The number of fused-ring (bicyclic) bond motifs is 1. The van der Waals surface area contributed by atoms with Gasteiger partial charge in [-0.1, -0.05) is 12.1 Å². The zero-order chi connectivity index (χ0) is 22.7. The van der Waals surface area contributed by atoms with Crippen molar-refractivity contribution in [3.05, 3.63) is 66.5 Å². The second-order valence-electron chi connectivity index (χ2n) is 6.68. The highest BCUT2D eigenvalue weighted by atomic mass is 19.4. The largest absolute Gasteiger partial charge is 0.573 e. The summed E-state index contributed by atoms with van der Waals surface area (Å²) in [5, 5.41) is 11.7. The molecule has 4 N–H and O–H groups in total. The summed E-state index contributed by atoms with van der Waals surface area (Å²) < 4.78 is 47.8. The number of nitrogens with one attached hydrogen (secondary N) is 4. The third kappa shape index (κ3) is 4.94. The SMILES string of the molecule is CNC(=O)c1cc(Oc2ccc3c(c2)NC(Nc2ccccc2OC(F)(F)F)N3)ccn1. The fraction of sp³-hybridized carbons (Fsp3) is 0.143. The van der Waals surface area contributed by atoms with Crippen LogP contribution in [0.25, 0.3) is 0 Å². The Morgan fingerprint density at radius 1 is 1.03 bits per heavy atom. The lowest BCUT2D eigenvalue weighted by atomic mass is 10.2. The number of amides is 1. The van der Waals surface area contributed by atoms with Crippen molar-refractivity contribution in [2.75, 3.05) is 23.0 Å².